The number of nitrogens with one attached hydrogen (secondary N) is 1. The average molecular weight is 293 g/mol. The minimum Gasteiger partial charge on any atom is -0.508 e. The van der Waals surface area contributed by atoms with Crippen LogP contribution in [0.3, 0.4) is 0 Å². The number of methoxy groups -OCH3 is 1. The van der Waals surface area contributed by atoms with Gasteiger partial charge in [0.05, 0.1) is 0 Å². The molecule has 0 saturated heterocycles. The van der Waals surface area contributed by atoms with Crippen molar-refractivity contribution in [2.45, 2.75) is 50.7 Å². The van der Waals surface area contributed by atoms with E-state index in [0.29, 0.717) is 6.42 Å². The number of carbonyl (C=O) groups is 1. The van der Waals surface area contributed by atoms with Crippen LogP contribution < -0.4 is 5.48 Å². The summed E-state index contributed by atoms with van der Waals surface area (Å²) in [5.74, 6) is -0.203. The average Bonchev–Trinajstić information content (AvgIpc) is 2.53. The number of hydroxylamine groups is 1. The summed E-state index contributed by atoms with van der Waals surface area (Å²) in [7, 11) is 1.49. The number of benzene rings is 1. The van der Waals surface area contributed by atoms with Crippen LogP contribution in [0.1, 0.15) is 37.7 Å². The van der Waals surface area contributed by atoms with Crippen LogP contribution in [0.5, 0.6) is 5.75 Å². The molecule has 1 aliphatic rings. The lowest BCUT2D eigenvalue weighted by atomic mass is 9.96. The molecule has 1 saturated carbocycles. The molecule has 0 aromatic heterocycles. The van der Waals surface area contributed by atoms with Crippen molar-refractivity contribution in [1.29, 1.82) is 0 Å². The Labute approximate surface area is 125 Å². The highest BCUT2D eigenvalue weighted by Crippen LogP contribution is 2.17. The summed E-state index contributed by atoms with van der Waals surface area (Å²) in [6, 6.07) is 6.97. The number of aromatic hydroxyl groups is 1. The fourth-order valence-electron chi connectivity index (χ4n) is 2.54. The van der Waals surface area contributed by atoms with Crippen molar-refractivity contribution in [3.63, 3.8) is 0 Å². The molecule has 1 aromatic carbocycles. The van der Waals surface area contributed by atoms with E-state index < -0.39 is 12.1 Å². The number of hydrogen-bond acceptors (Lipinski definition) is 5. The summed E-state index contributed by atoms with van der Waals surface area (Å²) in [6.45, 7) is 0. The monoisotopic (exact) mass is 293 g/mol. The molecule has 2 N–H and O–H groups in total. The smallest absolute Gasteiger partial charge is 0.354 e. The molecule has 0 bridgehead atoms. The zero-order valence-electron chi connectivity index (χ0n) is 12.4. The summed E-state index contributed by atoms with van der Waals surface area (Å²) >= 11 is 0. The van der Waals surface area contributed by atoms with Gasteiger partial charge in [0, 0.05) is 19.6 Å². The van der Waals surface area contributed by atoms with Crippen LogP contribution in [0.4, 0.5) is 0 Å². The second-order valence-corrected chi connectivity index (χ2v) is 5.47. The Morgan fingerprint density at radius 3 is 2.57 bits per heavy atom. The van der Waals surface area contributed by atoms with Crippen molar-refractivity contribution in [2.24, 2.45) is 0 Å². The highest BCUT2D eigenvalue weighted by atomic mass is 16.7. The zero-order valence-corrected chi connectivity index (χ0v) is 12.4. The van der Waals surface area contributed by atoms with Gasteiger partial charge in [-0.2, -0.15) is 0 Å². The minimum atomic E-state index is -0.648. The Morgan fingerprint density at radius 2 is 1.95 bits per heavy atom. The summed E-state index contributed by atoms with van der Waals surface area (Å²) in [6.07, 6.45) is 5.47. The Bertz CT molecular complexity index is 440. The van der Waals surface area contributed by atoms with E-state index in [0.717, 1.165) is 18.4 Å². The minimum absolute atomic E-state index is 0.203. The standard InChI is InChI=1S/C16H23NO4/c1-20-15(11-12-7-9-14(18)10-8-12)16(19)21-17-13-5-3-2-4-6-13/h7-10,13,15,17-18H,2-6,11H2,1H3. The second kappa shape index (κ2) is 8.00. The van der Waals surface area contributed by atoms with Gasteiger partial charge in [0.15, 0.2) is 6.10 Å². The number of hydrogen-bond donors (Lipinski definition) is 2. The Morgan fingerprint density at radius 1 is 1.29 bits per heavy atom. The maximum Gasteiger partial charge on any atom is 0.354 e. The second-order valence-electron chi connectivity index (χ2n) is 5.47. The topological polar surface area (TPSA) is 67.8 Å². The fraction of sp³-hybridized carbons (Fsp3) is 0.562. The fourth-order valence-corrected chi connectivity index (χ4v) is 2.54. The Kier molecular flexibility index (Phi) is 6.02. The van der Waals surface area contributed by atoms with E-state index in [-0.39, 0.29) is 11.8 Å². The first kappa shape index (κ1) is 15.8. The number of carbonyl (C=O) groups excluding carboxylic acids is 1. The van der Waals surface area contributed by atoms with Crippen LogP contribution in [0, 0.1) is 0 Å². The van der Waals surface area contributed by atoms with Gasteiger partial charge in [-0.15, -0.1) is 5.48 Å². The van der Waals surface area contributed by atoms with Gasteiger partial charge in [-0.25, -0.2) is 4.79 Å². The van der Waals surface area contributed by atoms with Crippen molar-refractivity contribution < 1.29 is 19.5 Å². The summed E-state index contributed by atoms with van der Waals surface area (Å²) in [4.78, 5) is 17.2. The predicted molar refractivity (Wildman–Crippen MR) is 78.7 cm³/mol. The van der Waals surface area contributed by atoms with Crippen molar-refractivity contribution in [3.05, 3.63) is 29.8 Å². The summed E-state index contributed by atoms with van der Waals surface area (Å²) in [5, 5.41) is 9.25. The molecule has 5 heteroatoms. The van der Waals surface area contributed by atoms with Crippen molar-refractivity contribution in [1.82, 2.24) is 5.48 Å². The van der Waals surface area contributed by atoms with Crippen LogP contribution in [0.25, 0.3) is 0 Å². The normalized spacial score (nSPS) is 17.4. The van der Waals surface area contributed by atoms with Gasteiger partial charge in [-0.1, -0.05) is 31.4 Å². The van der Waals surface area contributed by atoms with Crippen LogP contribution in [0.15, 0.2) is 24.3 Å². The van der Waals surface area contributed by atoms with E-state index in [1.165, 1.54) is 26.4 Å². The molecular formula is C16H23NO4. The van der Waals surface area contributed by atoms with Gasteiger partial charge in [0.25, 0.3) is 0 Å². The largest absolute Gasteiger partial charge is 0.508 e. The number of rotatable bonds is 6. The lowest BCUT2D eigenvalue weighted by Gasteiger charge is -2.23. The third kappa shape index (κ3) is 5.02. The van der Waals surface area contributed by atoms with Crippen LogP contribution >= 0.6 is 0 Å². The maximum absolute atomic E-state index is 12.0. The molecule has 2 rings (SSSR count). The Hall–Kier alpha value is -1.59. The molecule has 1 atom stereocenters. The molecule has 0 heterocycles. The van der Waals surface area contributed by atoms with Gasteiger partial charge < -0.3 is 14.7 Å². The van der Waals surface area contributed by atoms with E-state index in [1.54, 1.807) is 24.3 Å². The van der Waals surface area contributed by atoms with E-state index in [9.17, 15) is 9.90 Å². The highest BCUT2D eigenvalue weighted by molar-refractivity contribution is 5.74. The molecule has 116 valence electrons. The van der Waals surface area contributed by atoms with Crippen LogP contribution in [-0.2, 0) is 20.8 Å². The molecular weight excluding hydrogens is 270 g/mol. The molecule has 1 fully saturated rings. The first-order chi connectivity index (χ1) is 10.2. The quantitative estimate of drug-likeness (QED) is 0.788. The number of ether oxygens (including phenoxy) is 1. The molecule has 1 unspecified atom stereocenters. The number of phenolic OH excluding ortho intramolecular Hbond substituents is 1. The van der Waals surface area contributed by atoms with Crippen molar-refractivity contribution in [3.8, 4) is 5.75 Å². The van der Waals surface area contributed by atoms with E-state index in [2.05, 4.69) is 5.48 Å². The van der Waals surface area contributed by atoms with E-state index >= 15 is 0 Å². The Balaban J connectivity index is 1.81. The highest BCUT2D eigenvalue weighted by Gasteiger charge is 2.22. The van der Waals surface area contributed by atoms with E-state index in [1.807, 2.05) is 0 Å². The predicted octanol–water partition coefficient (Wildman–Crippen LogP) is 2.33. The molecule has 0 amide bonds. The van der Waals surface area contributed by atoms with Crippen LogP contribution in [0.2, 0.25) is 0 Å². The SMILES string of the molecule is COC(Cc1ccc(O)cc1)C(=O)ONC1CCCCC1. The number of phenols is 1. The first-order valence-corrected chi connectivity index (χ1v) is 7.46. The van der Waals surface area contributed by atoms with Crippen molar-refractivity contribution in [2.75, 3.05) is 7.11 Å². The lowest BCUT2D eigenvalue weighted by molar-refractivity contribution is -0.165. The molecule has 21 heavy (non-hydrogen) atoms. The molecule has 1 aliphatic carbocycles. The lowest BCUT2D eigenvalue weighted by Crippen LogP contribution is -2.38. The van der Waals surface area contributed by atoms with Crippen molar-refractivity contribution >= 4 is 5.97 Å². The van der Waals surface area contributed by atoms with Gasteiger partial charge in [-0.3, -0.25) is 0 Å². The summed E-state index contributed by atoms with van der Waals surface area (Å²) in [5.41, 5.74) is 3.77. The van der Waals surface area contributed by atoms with Gasteiger partial charge in [-0.05, 0) is 30.5 Å². The zero-order chi connectivity index (χ0) is 15.1. The summed E-state index contributed by atoms with van der Waals surface area (Å²) < 4.78 is 5.21. The van der Waals surface area contributed by atoms with Crippen LogP contribution in [-0.4, -0.2) is 30.3 Å². The first-order valence-electron chi connectivity index (χ1n) is 7.46. The maximum atomic E-state index is 12.0. The molecule has 1 aromatic rings. The van der Waals surface area contributed by atoms with Gasteiger partial charge in [0.1, 0.15) is 5.75 Å². The van der Waals surface area contributed by atoms with E-state index in [4.69, 9.17) is 9.57 Å². The third-order valence-electron chi connectivity index (χ3n) is 3.84. The van der Waals surface area contributed by atoms with Gasteiger partial charge >= 0.3 is 5.97 Å². The molecule has 0 aliphatic heterocycles. The molecule has 0 radical (unpaired) electrons. The third-order valence-corrected chi connectivity index (χ3v) is 3.84. The van der Waals surface area contributed by atoms with Gasteiger partial charge in [0.2, 0.25) is 0 Å². The molecule has 0 spiro atoms. The molecule has 5 nitrogen and oxygen atoms in total.